The molecule has 0 aromatic carbocycles. The zero-order valence-corrected chi connectivity index (χ0v) is 11.6. The van der Waals surface area contributed by atoms with Crippen molar-refractivity contribution >= 4 is 0 Å². The molecule has 0 aromatic rings. The number of hydrogen-bond donors (Lipinski definition) is 2. The third-order valence-corrected chi connectivity index (χ3v) is 4.13. The summed E-state index contributed by atoms with van der Waals surface area (Å²) in [4.78, 5) is 0. The minimum Gasteiger partial charge on any atom is -0.379 e. The molecule has 0 aromatic heterocycles. The molecular formula is C15H29NO. The summed E-state index contributed by atoms with van der Waals surface area (Å²) in [5.41, 5.74) is 5.44. The van der Waals surface area contributed by atoms with Gasteiger partial charge in [-0.1, -0.05) is 32.9 Å². The van der Waals surface area contributed by atoms with E-state index in [1.54, 1.807) is 0 Å². The van der Waals surface area contributed by atoms with E-state index in [4.69, 9.17) is 5.73 Å². The van der Waals surface area contributed by atoms with Gasteiger partial charge in [-0.25, -0.2) is 0 Å². The molecule has 0 amide bonds. The van der Waals surface area contributed by atoms with Crippen LogP contribution in [0.2, 0.25) is 0 Å². The summed E-state index contributed by atoms with van der Waals surface area (Å²) in [6, 6.07) is 0. The molecule has 4 unspecified atom stereocenters. The van der Waals surface area contributed by atoms with E-state index in [1.165, 1.54) is 19.3 Å². The maximum atomic E-state index is 9.20. The zero-order chi connectivity index (χ0) is 12.8. The van der Waals surface area contributed by atoms with Crippen LogP contribution in [0.5, 0.6) is 0 Å². The molecule has 0 fully saturated rings. The van der Waals surface area contributed by atoms with Crippen LogP contribution in [0.25, 0.3) is 0 Å². The average Bonchev–Trinajstić information content (AvgIpc) is 2.27. The standard InChI is InChI=1S/C15H29NO/c1-11(2)15(12(3)9-10-14(16)17)13-7-5-4-6-8-13/h5,7,11-15,17H,4,6,8-10,16H2,1-3H3. The lowest BCUT2D eigenvalue weighted by Gasteiger charge is -2.35. The highest BCUT2D eigenvalue weighted by Gasteiger charge is 2.28. The summed E-state index contributed by atoms with van der Waals surface area (Å²) in [6.07, 6.45) is 9.78. The molecule has 1 aliphatic rings. The van der Waals surface area contributed by atoms with Crippen molar-refractivity contribution < 1.29 is 5.11 Å². The monoisotopic (exact) mass is 239 g/mol. The van der Waals surface area contributed by atoms with E-state index in [0.717, 1.165) is 24.7 Å². The van der Waals surface area contributed by atoms with Crippen LogP contribution in [0.3, 0.4) is 0 Å². The quantitative estimate of drug-likeness (QED) is 0.552. The summed E-state index contributed by atoms with van der Waals surface area (Å²) in [5.74, 6) is 2.80. The summed E-state index contributed by atoms with van der Waals surface area (Å²) >= 11 is 0. The minimum atomic E-state index is -0.646. The SMILES string of the molecule is CC(C)C(C(C)CCC(N)O)C1C=CCCC1. The van der Waals surface area contributed by atoms with Crippen LogP contribution >= 0.6 is 0 Å². The number of aliphatic hydroxyl groups excluding tert-OH is 1. The highest BCUT2D eigenvalue weighted by atomic mass is 16.3. The van der Waals surface area contributed by atoms with Crippen LogP contribution in [0.1, 0.15) is 52.9 Å². The maximum absolute atomic E-state index is 9.20. The van der Waals surface area contributed by atoms with Gasteiger partial charge < -0.3 is 10.8 Å². The average molecular weight is 239 g/mol. The highest BCUT2D eigenvalue weighted by Crippen LogP contribution is 2.36. The first-order chi connectivity index (χ1) is 8.02. The Morgan fingerprint density at radius 1 is 1.29 bits per heavy atom. The van der Waals surface area contributed by atoms with Gasteiger partial charge in [0.25, 0.3) is 0 Å². The Labute approximate surface area is 106 Å². The number of hydrogen-bond acceptors (Lipinski definition) is 2. The van der Waals surface area contributed by atoms with Crippen molar-refractivity contribution in [1.29, 1.82) is 0 Å². The van der Waals surface area contributed by atoms with Gasteiger partial charge in [0.2, 0.25) is 0 Å². The fourth-order valence-corrected chi connectivity index (χ4v) is 3.36. The molecule has 0 spiro atoms. The van der Waals surface area contributed by atoms with E-state index in [1.807, 2.05) is 0 Å². The molecule has 2 nitrogen and oxygen atoms in total. The molecule has 3 N–H and O–H groups in total. The fourth-order valence-electron chi connectivity index (χ4n) is 3.36. The van der Waals surface area contributed by atoms with E-state index < -0.39 is 6.23 Å². The van der Waals surface area contributed by atoms with E-state index in [-0.39, 0.29) is 0 Å². The molecule has 0 heterocycles. The molecule has 17 heavy (non-hydrogen) atoms. The highest BCUT2D eigenvalue weighted by molar-refractivity contribution is 4.97. The van der Waals surface area contributed by atoms with E-state index >= 15 is 0 Å². The number of allylic oxidation sites excluding steroid dienone is 2. The first kappa shape index (κ1) is 14.7. The van der Waals surface area contributed by atoms with Crippen molar-refractivity contribution in [2.75, 3.05) is 0 Å². The number of nitrogens with two attached hydrogens (primary N) is 1. The van der Waals surface area contributed by atoms with Gasteiger partial charge in [0.1, 0.15) is 6.23 Å². The third-order valence-electron chi connectivity index (χ3n) is 4.13. The van der Waals surface area contributed by atoms with Gasteiger partial charge in [-0.2, -0.15) is 0 Å². The van der Waals surface area contributed by atoms with Crippen molar-refractivity contribution in [2.24, 2.45) is 29.4 Å². The van der Waals surface area contributed by atoms with Gasteiger partial charge in [-0.3, -0.25) is 0 Å². The molecule has 100 valence electrons. The maximum Gasteiger partial charge on any atom is 0.102 e. The molecule has 2 heteroatoms. The summed E-state index contributed by atoms with van der Waals surface area (Å²) in [7, 11) is 0. The van der Waals surface area contributed by atoms with Gasteiger partial charge in [0.05, 0.1) is 0 Å². The van der Waals surface area contributed by atoms with Crippen LogP contribution in [-0.2, 0) is 0 Å². The minimum absolute atomic E-state index is 0.640. The molecule has 0 radical (unpaired) electrons. The lowest BCUT2D eigenvalue weighted by molar-refractivity contribution is 0.133. The predicted molar refractivity (Wildman–Crippen MR) is 73.4 cm³/mol. The zero-order valence-electron chi connectivity index (χ0n) is 11.6. The second-order valence-electron chi connectivity index (χ2n) is 5.97. The molecule has 0 saturated carbocycles. The molecule has 4 atom stereocenters. The third kappa shape index (κ3) is 4.81. The molecular weight excluding hydrogens is 210 g/mol. The molecule has 0 bridgehead atoms. The molecule has 0 aliphatic heterocycles. The van der Waals surface area contributed by atoms with Crippen molar-refractivity contribution in [3.63, 3.8) is 0 Å². The smallest absolute Gasteiger partial charge is 0.102 e. The van der Waals surface area contributed by atoms with Crippen molar-refractivity contribution in [1.82, 2.24) is 0 Å². The second-order valence-corrected chi connectivity index (χ2v) is 5.97. The number of rotatable bonds is 6. The predicted octanol–water partition coefficient (Wildman–Crippen LogP) is 3.31. The Bertz CT molecular complexity index is 235. The first-order valence-corrected chi connectivity index (χ1v) is 7.12. The normalized spacial score (nSPS) is 25.9. The van der Waals surface area contributed by atoms with Crippen LogP contribution in [0.4, 0.5) is 0 Å². The number of aliphatic hydroxyl groups is 1. The van der Waals surface area contributed by atoms with Gasteiger partial charge >= 0.3 is 0 Å². The Morgan fingerprint density at radius 3 is 2.47 bits per heavy atom. The molecule has 1 aliphatic carbocycles. The van der Waals surface area contributed by atoms with Gasteiger partial charge in [0, 0.05) is 0 Å². The van der Waals surface area contributed by atoms with Crippen LogP contribution in [-0.4, -0.2) is 11.3 Å². The Balaban J connectivity index is 2.57. The Hall–Kier alpha value is -0.340. The lowest BCUT2D eigenvalue weighted by Crippen LogP contribution is -2.28. The molecule has 0 saturated heterocycles. The van der Waals surface area contributed by atoms with E-state index in [2.05, 4.69) is 32.9 Å². The topological polar surface area (TPSA) is 46.2 Å². The Morgan fingerprint density at radius 2 is 2.00 bits per heavy atom. The first-order valence-electron chi connectivity index (χ1n) is 7.12. The van der Waals surface area contributed by atoms with Crippen molar-refractivity contribution in [3.8, 4) is 0 Å². The van der Waals surface area contributed by atoms with E-state index in [0.29, 0.717) is 11.8 Å². The largest absolute Gasteiger partial charge is 0.379 e. The van der Waals surface area contributed by atoms with E-state index in [9.17, 15) is 5.11 Å². The van der Waals surface area contributed by atoms with Crippen LogP contribution in [0, 0.1) is 23.7 Å². The molecule has 1 rings (SSSR count). The lowest BCUT2D eigenvalue weighted by atomic mass is 9.71. The summed E-state index contributed by atoms with van der Waals surface area (Å²) in [5, 5.41) is 9.20. The van der Waals surface area contributed by atoms with Crippen molar-refractivity contribution in [2.45, 2.75) is 59.1 Å². The summed E-state index contributed by atoms with van der Waals surface area (Å²) < 4.78 is 0. The van der Waals surface area contributed by atoms with Gasteiger partial charge in [-0.15, -0.1) is 0 Å². The fraction of sp³-hybridized carbons (Fsp3) is 0.867. The van der Waals surface area contributed by atoms with Gasteiger partial charge in [-0.05, 0) is 55.8 Å². The van der Waals surface area contributed by atoms with Crippen molar-refractivity contribution in [3.05, 3.63) is 12.2 Å². The van der Waals surface area contributed by atoms with Crippen LogP contribution < -0.4 is 5.73 Å². The Kier molecular flexibility index (Phi) is 6.21. The second kappa shape index (κ2) is 7.17. The van der Waals surface area contributed by atoms with Gasteiger partial charge in [0.15, 0.2) is 0 Å². The summed E-state index contributed by atoms with van der Waals surface area (Å²) in [6.45, 7) is 6.96. The van der Waals surface area contributed by atoms with Crippen LogP contribution in [0.15, 0.2) is 12.2 Å².